The van der Waals surface area contributed by atoms with Crippen LogP contribution in [0.2, 0.25) is 0 Å². The zero-order valence-corrected chi connectivity index (χ0v) is 12.3. The Hall–Kier alpha value is -2.42. The molecule has 3 heteroatoms. The summed E-state index contributed by atoms with van der Waals surface area (Å²) in [5, 5.41) is 4.32. The molecular formula is C18H20N2O. The molecule has 0 aliphatic rings. The summed E-state index contributed by atoms with van der Waals surface area (Å²) in [4.78, 5) is 12.0. The van der Waals surface area contributed by atoms with Gasteiger partial charge in [-0.3, -0.25) is 4.79 Å². The molecule has 2 aromatic rings. The van der Waals surface area contributed by atoms with Gasteiger partial charge in [-0.25, -0.2) is 5.43 Å². The van der Waals surface area contributed by atoms with Crippen LogP contribution in [-0.2, 0) is 0 Å². The number of rotatable bonds is 6. The topological polar surface area (TPSA) is 41.5 Å². The SMILES string of the molecule is CCCC/C(=N\NC(=O)c1ccccc1)c1ccccc1. The van der Waals surface area contributed by atoms with Crippen molar-refractivity contribution in [3.63, 3.8) is 0 Å². The highest BCUT2D eigenvalue weighted by molar-refractivity contribution is 6.02. The number of hydrogen-bond acceptors (Lipinski definition) is 2. The fraction of sp³-hybridized carbons (Fsp3) is 0.222. The minimum absolute atomic E-state index is 0.180. The van der Waals surface area contributed by atoms with E-state index in [1.807, 2.05) is 48.5 Å². The third kappa shape index (κ3) is 4.56. The summed E-state index contributed by atoms with van der Waals surface area (Å²) in [6, 6.07) is 19.1. The molecule has 0 saturated heterocycles. The van der Waals surface area contributed by atoms with E-state index in [0.29, 0.717) is 5.56 Å². The second-order valence-electron chi connectivity index (χ2n) is 4.84. The van der Waals surface area contributed by atoms with E-state index in [2.05, 4.69) is 17.5 Å². The molecule has 0 atom stereocenters. The van der Waals surface area contributed by atoms with E-state index in [-0.39, 0.29) is 5.91 Å². The van der Waals surface area contributed by atoms with Crippen molar-refractivity contribution in [1.82, 2.24) is 5.43 Å². The van der Waals surface area contributed by atoms with E-state index >= 15 is 0 Å². The van der Waals surface area contributed by atoms with Crippen LogP contribution < -0.4 is 5.43 Å². The standard InChI is InChI=1S/C18H20N2O/c1-2-3-14-17(15-10-6-4-7-11-15)19-20-18(21)16-12-8-5-9-13-16/h4-13H,2-3,14H2,1H3,(H,20,21)/b19-17+. The Kier molecular flexibility index (Phi) is 5.71. The monoisotopic (exact) mass is 280 g/mol. The number of benzene rings is 2. The Balaban J connectivity index is 2.11. The van der Waals surface area contributed by atoms with Gasteiger partial charge in [-0.1, -0.05) is 61.9 Å². The molecule has 3 nitrogen and oxygen atoms in total. The Morgan fingerprint density at radius 2 is 1.52 bits per heavy atom. The molecule has 0 spiro atoms. The Morgan fingerprint density at radius 1 is 0.952 bits per heavy atom. The van der Waals surface area contributed by atoms with Crippen molar-refractivity contribution in [2.45, 2.75) is 26.2 Å². The van der Waals surface area contributed by atoms with Gasteiger partial charge in [-0.15, -0.1) is 0 Å². The lowest BCUT2D eigenvalue weighted by Crippen LogP contribution is -2.20. The maximum absolute atomic E-state index is 12.0. The quantitative estimate of drug-likeness (QED) is 0.630. The van der Waals surface area contributed by atoms with Crippen LogP contribution in [0, 0.1) is 0 Å². The lowest BCUT2D eigenvalue weighted by molar-refractivity contribution is 0.0955. The fourth-order valence-corrected chi connectivity index (χ4v) is 2.01. The average molecular weight is 280 g/mol. The summed E-state index contributed by atoms with van der Waals surface area (Å²) in [5.74, 6) is -0.180. The van der Waals surface area contributed by atoms with Gasteiger partial charge in [0.1, 0.15) is 0 Å². The van der Waals surface area contributed by atoms with Crippen LogP contribution in [0.3, 0.4) is 0 Å². The molecule has 0 aliphatic heterocycles. The zero-order chi connectivity index (χ0) is 14.9. The molecule has 21 heavy (non-hydrogen) atoms. The first kappa shape index (κ1) is 15.0. The molecule has 1 N–H and O–H groups in total. The third-order valence-electron chi connectivity index (χ3n) is 3.20. The van der Waals surface area contributed by atoms with Gasteiger partial charge in [0.2, 0.25) is 0 Å². The molecular weight excluding hydrogens is 260 g/mol. The van der Waals surface area contributed by atoms with E-state index in [0.717, 1.165) is 30.5 Å². The van der Waals surface area contributed by atoms with Gasteiger partial charge in [-0.05, 0) is 30.5 Å². The van der Waals surface area contributed by atoms with Gasteiger partial charge in [0, 0.05) is 5.56 Å². The second kappa shape index (κ2) is 8.00. The molecule has 2 aromatic carbocycles. The highest BCUT2D eigenvalue weighted by Gasteiger charge is 2.06. The predicted molar refractivity (Wildman–Crippen MR) is 86.4 cm³/mol. The van der Waals surface area contributed by atoms with Gasteiger partial charge < -0.3 is 0 Å². The normalized spacial score (nSPS) is 11.2. The van der Waals surface area contributed by atoms with Crippen molar-refractivity contribution < 1.29 is 4.79 Å². The minimum atomic E-state index is -0.180. The van der Waals surface area contributed by atoms with Crippen LogP contribution in [0.25, 0.3) is 0 Å². The van der Waals surface area contributed by atoms with Crippen molar-refractivity contribution in [2.75, 3.05) is 0 Å². The van der Waals surface area contributed by atoms with E-state index < -0.39 is 0 Å². The van der Waals surface area contributed by atoms with Crippen LogP contribution in [0.4, 0.5) is 0 Å². The smallest absolute Gasteiger partial charge is 0.267 e. The van der Waals surface area contributed by atoms with Crippen LogP contribution >= 0.6 is 0 Å². The van der Waals surface area contributed by atoms with Gasteiger partial charge in [-0.2, -0.15) is 5.10 Å². The Bertz CT molecular complexity index is 591. The third-order valence-corrected chi connectivity index (χ3v) is 3.20. The molecule has 0 bridgehead atoms. The van der Waals surface area contributed by atoms with Crippen LogP contribution in [0.15, 0.2) is 65.8 Å². The van der Waals surface area contributed by atoms with Gasteiger partial charge in [0.15, 0.2) is 0 Å². The first-order chi connectivity index (χ1) is 10.3. The highest BCUT2D eigenvalue weighted by atomic mass is 16.2. The van der Waals surface area contributed by atoms with Gasteiger partial charge >= 0.3 is 0 Å². The van der Waals surface area contributed by atoms with Crippen molar-refractivity contribution in [3.8, 4) is 0 Å². The van der Waals surface area contributed by atoms with Gasteiger partial charge in [0.25, 0.3) is 5.91 Å². The number of carbonyl (C=O) groups is 1. The molecule has 0 heterocycles. The summed E-state index contributed by atoms with van der Waals surface area (Å²) in [6.45, 7) is 2.14. The molecule has 0 radical (unpaired) electrons. The molecule has 0 saturated carbocycles. The van der Waals surface area contributed by atoms with E-state index in [1.54, 1.807) is 12.1 Å². The molecule has 2 rings (SSSR count). The summed E-state index contributed by atoms with van der Waals surface area (Å²) in [6.07, 6.45) is 3.00. The Labute approximate surface area is 125 Å². The van der Waals surface area contributed by atoms with Gasteiger partial charge in [0.05, 0.1) is 5.71 Å². The van der Waals surface area contributed by atoms with Crippen LogP contribution in [-0.4, -0.2) is 11.6 Å². The number of carbonyl (C=O) groups excluding carboxylic acids is 1. The van der Waals surface area contributed by atoms with Crippen molar-refractivity contribution in [2.24, 2.45) is 5.10 Å². The first-order valence-electron chi connectivity index (χ1n) is 7.28. The minimum Gasteiger partial charge on any atom is -0.267 e. The van der Waals surface area contributed by atoms with Crippen molar-refractivity contribution >= 4 is 11.6 Å². The average Bonchev–Trinajstić information content (AvgIpc) is 2.56. The number of hydrogen-bond donors (Lipinski definition) is 1. The molecule has 108 valence electrons. The molecule has 0 fully saturated rings. The van der Waals surface area contributed by atoms with Crippen LogP contribution in [0.1, 0.15) is 42.1 Å². The molecule has 0 aromatic heterocycles. The maximum atomic E-state index is 12.0. The van der Waals surface area contributed by atoms with Crippen LogP contribution in [0.5, 0.6) is 0 Å². The van der Waals surface area contributed by atoms with E-state index in [1.165, 1.54) is 0 Å². The molecule has 0 unspecified atom stereocenters. The largest absolute Gasteiger partial charge is 0.271 e. The van der Waals surface area contributed by atoms with Crippen molar-refractivity contribution in [3.05, 3.63) is 71.8 Å². The zero-order valence-electron chi connectivity index (χ0n) is 12.3. The van der Waals surface area contributed by atoms with E-state index in [4.69, 9.17) is 0 Å². The molecule has 1 amide bonds. The summed E-state index contributed by atoms with van der Waals surface area (Å²) >= 11 is 0. The molecule has 0 aliphatic carbocycles. The lowest BCUT2D eigenvalue weighted by atomic mass is 10.1. The van der Waals surface area contributed by atoms with E-state index in [9.17, 15) is 4.79 Å². The lowest BCUT2D eigenvalue weighted by Gasteiger charge is -2.07. The second-order valence-corrected chi connectivity index (χ2v) is 4.84. The summed E-state index contributed by atoms with van der Waals surface area (Å²) in [5.41, 5.74) is 5.24. The Morgan fingerprint density at radius 3 is 2.10 bits per heavy atom. The first-order valence-corrected chi connectivity index (χ1v) is 7.28. The number of nitrogens with one attached hydrogen (secondary N) is 1. The summed E-state index contributed by atoms with van der Waals surface area (Å²) in [7, 11) is 0. The predicted octanol–water partition coefficient (Wildman–Crippen LogP) is 4.01. The summed E-state index contributed by atoms with van der Waals surface area (Å²) < 4.78 is 0. The highest BCUT2D eigenvalue weighted by Crippen LogP contribution is 2.08. The number of hydrazone groups is 1. The fourth-order valence-electron chi connectivity index (χ4n) is 2.01. The van der Waals surface area contributed by atoms with Crippen molar-refractivity contribution in [1.29, 1.82) is 0 Å². The number of amides is 1. The number of unbranched alkanes of at least 4 members (excludes halogenated alkanes) is 1. The number of nitrogens with zero attached hydrogens (tertiary/aromatic N) is 1. The maximum Gasteiger partial charge on any atom is 0.271 e.